The number of aryl methyl sites for hydroxylation is 1. The van der Waals surface area contributed by atoms with Gasteiger partial charge in [-0.1, -0.05) is 12.1 Å². The number of nitrogens with zero attached hydrogens (tertiary/aromatic N) is 2. The zero-order valence-corrected chi connectivity index (χ0v) is 15.1. The Morgan fingerprint density at radius 1 is 1.11 bits per heavy atom. The lowest BCUT2D eigenvalue weighted by Gasteiger charge is -2.09. The molecule has 152 valence electrons. The summed E-state index contributed by atoms with van der Waals surface area (Å²) in [5.41, 5.74) is -0.316. The Balaban J connectivity index is 1.81. The van der Waals surface area contributed by atoms with Gasteiger partial charge in [-0.25, -0.2) is 8.78 Å². The number of unbranched alkanes of at least 4 members (excludes halogenated alkanes) is 1. The van der Waals surface area contributed by atoms with Crippen molar-refractivity contribution in [2.24, 2.45) is 0 Å². The molecule has 0 saturated heterocycles. The topological polar surface area (TPSA) is 46.9 Å². The van der Waals surface area contributed by atoms with Crippen molar-refractivity contribution in [1.29, 1.82) is 0 Å². The van der Waals surface area contributed by atoms with Crippen molar-refractivity contribution in [2.45, 2.75) is 44.8 Å². The minimum Gasteiger partial charge on any atom is -0.306 e. The summed E-state index contributed by atoms with van der Waals surface area (Å²) >= 11 is 0. The Kier molecular flexibility index (Phi) is 6.93. The van der Waals surface area contributed by atoms with Crippen LogP contribution in [0.1, 0.15) is 37.3 Å². The molecule has 0 spiro atoms. The van der Waals surface area contributed by atoms with E-state index in [1.165, 1.54) is 24.3 Å². The van der Waals surface area contributed by atoms with Gasteiger partial charge in [-0.2, -0.15) is 18.3 Å². The largest absolute Gasteiger partial charge is 0.416 e. The number of halogens is 5. The second kappa shape index (κ2) is 8.99. The molecule has 1 heterocycles. The Morgan fingerprint density at radius 3 is 2.39 bits per heavy atom. The van der Waals surface area contributed by atoms with Gasteiger partial charge in [-0.15, -0.1) is 0 Å². The van der Waals surface area contributed by atoms with Crippen LogP contribution < -0.4 is 5.32 Å². The molecule has 2 aromatic rings. The van der Waals surface area contributed by atoms with E-state index < -0.39 is 23.6 Å². The Hall–Kier alpha value is -2.71. The van der Waals surface area contributed by atoms with Gasteiger partial charge in [-0.05, 0) is 43.5 Å². The third-order valence-corrected chi connectivity index (χ3v) is 3.81. The molecular weight excluding hydrogens is 381 g/mol. The van der Waals surface area contributed by atoms with Crippen LogP contribution in [-0.4, -0.2) is 21.6 Å². The van der Waals surface area contributed by atoms with Crippen molar-refractivity contribution in [3.8, 4) is 0 Å². The van der Waals surface area contributed by atoms with E-state index in [-0.39, 0.29) is 6.42 Å². The molecule has 0 unspecified atom stereocenters. The number of benzene rings is 1. The zero-order valence-electron chi connectivity index (χ0n) is 15.1. The molecule has 1 aromatic heterocycles. The molecular formula is C19H20F5N3O. The van der Waals surface area contributed by atoms with Gasteiger partial charge in [-0.3, -0.25) is 9.48 Å². The summed E-state index contributed by atoms with van der Waals surface area (Å²) in [6.07, 6.45) is 0.497. The first kappa shape index (κ1) is 21.6. The van der Waals surface area contributed by atoms with Crippen LogP contribution in [0, 0.1) is 0 Å². The Labute approximate surface area is 159 Å². The highest BCUT2D eigenvalue weighted by molar-refractivity contribution is 6.01. The van der Waals surface area contributed by atoms with Crippen LogP contribution in [0.4, 0.5) is 27.8 Å². The summed E-state index contributed by atoms with van der Waals surface area (Å²) in [5.74, 6) is -2.87. The maximum absolute atomic E-state index is 12.7. The number of carbonyl (C=O) groups excluding carboxylic acids is 1. The van der Waals surface area contributed by atoms with E-state index in [1.54, 1.807) is 16.9 Å². The Bertz CT molecular complexity index is 804. The van der Waals surface area contributed by atoms with E-state index in [2.05, 4.69) is 10.4 Å². The lowest BCUT2D eigenvalue weighted by Crippen LogP contribution is -2.10. The average molecular weight is 401 g/mol. The van der Waals surface area contributed by atoms with Crippen LogP contribution in [0.5, 0.6) is 0 Å². The molecule has 1 aromatic carbocycles. The highest BCUT2D eigenvalue weighted by Crippen LogP contribution is 2.29. The van der Waals surface area contributed by atoms with Crippen LogP contribution in [0.15, 0.2) is 42.6 Å². The lowest BCUT2D eigenvalue weighted by atomic mass is 10.1. The summed E-state index contributed by atoms with van der Waals surface area (Å²) in [5, 5.41) is 6.64. The second-order valence-electron chi connectivity index (χ2n) is 6.43. The molecule has 0 atom stereocenters. The Morgan fingerprint density at radius 2 is 1.79 bits per heavy atom. The number of aromatic nitrogens is 2. The molecule has 28 heavy (non-hydrogen) atoms. The summed E-state index contributed by atoms with van der Waals surface area (Å²) in [6, 6.07) is 5.97. The normalized spacial score (nSPS) is 12.5. The van der Waals surface area contributed by atoms with Gasteiger partial charge < -0.3 is 5.32 Å². The third-order valence-electron chi connectivity index (χ3n) is 3.81. The van der Waals surface area contributed by atoms with Gasteiger partial charge in [0.2, 0.25) is 11.8 Å². The van der Waals surface area contributed by atoms with Crippen molar-refractivity contribution in [1.82, 2.24) is 9.78 Å². The quantitative estimate of drug-likeness (QED) is 0.367. The van der Waals surface area contributed by atoms with E-state index in [0.717, 1.165) is 19.1 Å². The van der Waals surface area contributed by atoms with E-state index in [1.807, 2.05) is 0 Å². The van der Waals surface area contributed by atoms with Crippen LogP contribution in [0.25, 0.3) is 6.08 Å². The highest BCUT2D eigenvalue weighted by Gasteiger charge is 2.29. The minimum atomic E-state index is -4.41. The summed E-state index contributed by atoms with van der Waals surface area (Å²) < 4.78 is 64.5. The summed E-state index contributed by atoms with van der Waals surface area (Å²) in [4.78, 5) is 11.9. The number of alkyl halides is 5. The molecule has 0 saturated carbocycles. The lowest BCUT2D eigenvalue weighted by molar-refractivity contribution is -0.137. The first-order chi connectivity index (χ1) is 13.0. The number of rotatable bonds is 8. The number of anilines is 1. The molecule has 1 N–H and O–H groups in total. The van der Waals surface area contributed by atoms with E-state index in [4.69, 9.17) is 0 Å². The van der Waals surface area contributed by atoms with Gasteiger partial charge in [0.25, 0.3) is 0 Å². The fraction of sp³-hybridized carbons (Fsp3) is 0.368. The smallest absolute Gasteiger partial charge is 0.306 e. The number of nitrogens with one attached hydrogen (secondary N) is 1. The van der Waals surface area contributed by atoms with Gasteiger partial charge in [0.15, 0.2) is 5.82 Å². The highest BCUT2D eigenvalue weighted by atomic mass is 19.4. The zero-order chi connectivity index (χ0) is 20.8. The molecule has 1 amide bonds. The molecule has 0 aliphatic rings. The standard InChI is InChI=1S/C19H20F5N3O/c1-18(20,21)11-2-3-12-27-13-10-16(26-27)25-17(28)9-6-14-4-7-15(8-5-14)19(22,23)24/h4-10,13H,2-3,11-12H2,1H3,(H,25,26,28). The van der Waals surface area contributed by atoms with Crippen LogP contribution in [0.2, 0.25) is 0 Å². The predicted octanol–water partition coefficient (Wildman–Crippen LogP) is 5.38. The molecule has 2 rings (SSSR count). The maximum atomic E-state index is 12.7. The number of amides is 1. The first-order valence-electron chi connectivity index (χ1n) is 8.60. The van der Waals surface area contributed by atoms with Crippen molar-refractivity contribution in [2.75, 3.05) is 5.32 Å². The number of hydrogen-bond donors (Lipinski definition) is 1. The molecule has 0 bridgehead atoms. The van der Waals surface area contributed by atoms with E-state index >= 15 is 0 Å². The summed E-state index contributed by atoms with van der Waals surface area (Å²) in [7, 11) is 0. The predicted molar refractivity (Wildman–Crippen MR) is 95.8 cm³/mol. The molecule has 0 radical (unpaired) electrons. The fourth-order valence-corrected chi connectivity index (χ4v) is 2.39. The van der Waals surface area contributed by atoms with Crippen molar-refractivity contribution >= 4 is 17.8 Å². The van der Waals surface area contributed by atoms with Gasteiger partial charge in [0.05, 0.1) is 5.56 Å². The van der Waals surface area contributed by atoms with Gasteiger partial charge >= 0.3 is 6.18 Å². The maximum Gasteiger partial charge on any atom is 0.416 e. The molecule has 9 heteroatoms. The average Bonchev–Trinajstić information content (AvgIpc) is 3.03. The third kappa shape index (κ3) is 7.50. The first-order valence-corrected chi connectivity index (χ1v) is 8.60. The number of hydrogen-bond acceptors (Lipinski definition) is 2. The van der Waals surface area contributed by atoms with Gasteiger partial charge in [0.1, 0.15) is 0 Å². The van der Waals surface area contributed by atoms with E-state index in [0.29, 0.717) is 30.8 Å². The monoisotopic (exact) mass is 401 g/mol. The van der Waals surface area contributed by atoms with Crippen molar-refractivity contribution in [3.05, 3.63) is 53.7 Å². The molecule has 0 aliphatic carbocycles. The van der Waals surface area contributed by atoms with Gasteiger partial charge in [0, 0.05) is 31.3 Å². The van der Waals surface area contributed by atoms with Crippen LogP contribution >= 0.6 is 0 Å². The molecule has 0 fully saturated rings. The van der Waals surface area contributed by atoms with Crippen LogP contribution in [0.3, 0.4) is 0 Å². The van der Waals surface area contributed by atoms with E-state index in [9.17, 15) is 26.7 Å². The van der Waals surface area contributed by atoms with Crippen molar-refractivity contribution < 1.29 is 26.7 Å². The second-order valence-corrected chi connectivity index (χ2v) is 6.43. The molecule has 0 aliphatic heterocycles. The number of carbonyl (C=O) groups is 1. The van der Waals surface area contributed by atoms with Crippen LogP contribution in [-0.2, 0) is 17.5 Å². The molecule has 4 nitrogen and oxygen atoms in total. The minimum absolute atomic E-state index is 0.188. The van der Waals surface area contributed by atoms with Crippen molar-refractivity contribution in [3.63, 3.8) is 0 Å². The SMILES string of the molecule is CC(F)(F)CCCCn1ccc(NC(=O)C=Cc2ccc(C(F)(F)F)cc2)n1. The fourth-order valence-electron chi connectivity index (χ4n) is 2.39. The summed E-state index contributed by atoms with van der Waals surface area (Å²) in [6.45, 7) is 1.33.